The van der Waals surface area contributed by atoms with Crippen LogP contribution in [0.2, 0.25) is 5.02 Å². The van der Waals surface area contributed by atoms with Gasteiger partial charge in [-0.2, -0.15) is 0 Å². The molecular weight excluding hydrogens is 328 g/mol. The van der Waals surface area contributed by atoms with E-state index in [-0.39, 0.29) is 18.4 Å². The first kappa shape index (κ1) is 17.1. The summed E-state index contributed by atoms with van der Waals surface area (Å²) in [4.78, 5) is 28.8. The molecule has 2 aliphatic heterocycles. The second kappa shape index (κ2) is 6.28. The first-order chi connectivity index (χ1) is 11.3. The normalized spacial score (nSPS) is 20.6. The van der Waals surface area contributed by atoms with E-state index in [2.05, 4.69) is 6.92 Å². The van der Waals surface area contributed by atoms with E-state index in [1.807, 2.05) is 4.90 Å². The molecule has 0 spiro atoms. The molecule has 1 aromatic carbocycles. The van der Waals surface area contributed by atoms with Crippen LogP contribution in [0.5, 0.6) is 5.75 Å². The van der Waals surface area contributed by atoms with Crippen LogP contribution in [-0.4, -0.2) is 41.9 Å². The number of hydrogen-bond acceptors (Lipinski definition) is 3. The number of carbonyl (C=O) groups is 2. The number of anilines is 1. The van der Waals surface area contributed by atoms with Gasteiger partial charge in [-0.05, 0) is 50.8 Å². The Morgan fingerprint density at radius 3 is 2.67 bits per heavy atom. The van der Waals surface area contributed by atoms with Gasteiger partial charge in [0.2, 0.25) is 5.91 Å². The molecule has 0 radical (unpaired) electrons. The molecule has 6 heteroatoms. The topological polar surface area (TPSA) is 49.9 Å². The Morgan fingerprint density at radius 1 is 1.33 bits per heavy atom. The highest BCUT2D eigenvalue weighted by molar-refractivity contribution is 6.31. The minimum Gasteiger partial charge on any atom is -0.476 e. The van der Waals surface area contributed by atoms with Crippen LogP contribution in [0.15, 0.2) is 18.2 Å². The van der Waals surface area contributed by atoms with E-state index in [9.17, 15) is 9.59 Å². The van der Waals surface area contributed by atoms with Crippen LogP contribution >= 0.6 is 11.6 Å². The van der Waals surface area contributed by atoms with E-state index in [1.165, 1.54) is 4.90 Å². The molecule has 0 aromatic heterocycles. The molecule has 24 heavy (non-hydrogen) atoms. The van der Waals surface area contributed by atoms with Crippen molar-refractivity contribution < 1.29 is 14.3 Å². The van der Waals surface area contributed by atoms with Crippen LogP contribution in [-0.2, 0) is 9.59 Å². The fourth-order valence-electron chi connectivity index (χ4n) is 3.19. The number of fused-ring (bicyclic) bond motifs is 1. The van der Waals surface area contributed by atoms with E-state index in [0.717, 1.165) is 25.9 Å². The molecule has 2 heterocycles. The van der Waals surface area contributed by atoms with Gasteiger partial charge < -0.3 is 9.64 Å². The van der Waals surface area contributed by atoms with Gasteiger partial charge in [-0.15, -0.1) is 0 Å². The van der Waals surface area contributed by atoms with E-state index in [0.29, 0.717) is 22.4 Å². The second-order valence-corrected chi connectivity index (χ2v) is 7.62. The molecule has 5 nitrogen and oxygen atoms in total. The van der Waals surface area contributed by atoms with Gasteiger partial charge in [0.1, 0.15) is 12.3 Å². The minimum atomic E-state index is -1.00. The monoisotopic (exact) mass is 350 g/mol. The maximum Gasteiger partial charge on any atom is 0.271 e. The van der Waals surface area contributed by atoms with Gasteiger partial charge in [-0.3, -0.25) is 14.5 Å². The highest BCUT2D eigenvalue weighted by atomic mass is 35.5. The van der Waals surface area contributed by atoms with Crippen LogP contribution in [0, 0.1) is 5.92 Å². The Kier molecular flexibility index (Phi) is 4.47. The molecule has 1 saturated heterocycles. The molecule has 0 atom stereocenters. The van der Waals surface area contributed by atoms with Gasteiger partial charge in [-0.25, -0.2) is 0 Å². The number of hydrogen-bond donors (Lipinski definition) is 0. The van der Waals surface area contributed by atoms with Gasteiger partial charge in [0.15, 0.2) is 5.60 Å². The van der Waals surface area contributed by atoms with Gasteiger partial charge in [0.05, 0.1) is 5.69 Å². The van der Waals surface area contributed by atoms with Crippen LogP contribution in [0.25, 0.3) is 0 Å². The van der Waals surface area contributed by atoms with Crippen molar-refractivity contribution in [1.29, 1.82) is 0 Å². The summed E-state index contributed by atoms with van der Waals surface area (Å²) < 4.78 is 5.78. The van der Waals surface area contributed by atoms with Crippen molar-refractivity contribution in [1.82, 2.24) is 4.90 Å². The largest absolute Gasteiger partial charge is 0.476 e. The standard InChI is InChI=1S/C18H23ClN2O3/c1-12-6-8-20(9-7-12)16(22)11-21-14-10-13(19)4-5-15(14)24-18(2,3)17(21)23/h4-5,10,12H,6-9,11H2,1-3H3. The molecule has 1 aromatic rings. The van der Waals surface area contributed by atoms with Crippen molar-refractivity contribution in [2.24, 2.45) is 5.92 Å². The molecule has 0 aliphatic carbocycles. The van der Waals surface area contributed by atoms with E-state index in [4.69, 9.17) is 16.3 Å². The predicted octanol–water partition coefficient (Wildman–Crippen LogP) is 3.10. The van der Waals surface area contributed by atoms with Gasteiger partial charge in [0.25, 0.3) is 5.91 Å². The summed E-state index contributed by atoms with van der Waals surface area (Å²) in [6.45, 7) is 7.16. The molecule has 0 N–H and O–H groups in total. The molecule has 3 rings (SSSR count). The van der Waals surface area contributed by atoms with E-state index >= 15 is 0 Å². The molecule has 0 unspecified atom stereocenters. The lowest BCUT2D eigenvalue weighted by molar-refractivity contribution is -0.137. The zero-order chi connectivity index (χ0) is 17.5. The molecular formula is C18H23ClN2O3. The zero-order valence-corrected chi connectivity index (χ0v) is 15.1. The number of piperidine rings is 1. The van der Waals surface area contributed by atoms with Crippen molar-refractivity contribution in [3.63, 3.8) is 0 Å². The number of amides is 2. The Labute approximate surface area is 147 Å². The van der Waals surface area contributed by atoms with Crippen molar-refractivity contribution in [2.45, 2.75) is 39.2 Å². The molecule has 0 saturated carbocycles. The maximum atomic E-state index is 12.8. The Hall–Kier alpha value is -1.75. The molecule has 0 bridgehead atoms. The average molecular weight is 351 g/mol. The predicted molar refractivity (Wildman–Crippen MR) is 93.5 cm³/mol. The number of carbonyl (C=O) groups excluding carboxylic acids is 2. The fourth-order valence-corrected chi connectivity index (χ4v) is 3.36. The molecule has 2 aliphatic rings. The van der Waals surface area contributed by atoms with Crippen LogP contribution in [0.1, 0.15) is 33.6 Å². The lowest BCUT2D eigenvalue weighted by atomic mass is 9.99. The lowest BCUT2D eigenvalue weighted by Gasteiger charge is -2.39. The van der Waals surface area contributed by atoms with Crippen LogP contribution in [0.4, 0.5) is 5.69 Å². The highest BCUT2D eigenvalue weighted by Gasteiger charge is 2.42. The van der Waals surface area contributed by atoms with Crippen LogP contribution in [0.3, 0.4) is 0 Å². The number of likely N-dealkylation sites (tertiary alicyclic amines) is 1. The maximum absolute atomic E-state index is 12.8. The summed E-state index contributed by atoms with van der Waals surface area (Å²) in [5, 5.41) is 0.508. The fraction of sp³-hybridized carbons (Fsp3) is 0.556. The van der Waals surface area contributed by atoms with Crippen molar-refractivity contribution in [2.75, 3.05) is 24.5 Å². The number of nitrogens with zero attached hydrogens (tertiary/aromatic N) is 2. The van der Waals surface area contributed by atoms with Crippen molar-refractivity contribution in [3.05, 3.63) is 23.2 Å². The van der Waals surface area contributed by atoms with Crippen molar-refractivity contribution >= 4 is 29.1 Å². The summed E-state index contributed by atoms with van der Waals surface area (Å²) in [7, 11) is 0. The quantitative estimate of drug-likeness (QED) is 0.823. The third kappa shape index (κ3) is 3.22. The molecule has 130 valence electrons. The smallest absolute Gasteiger partial charge is 0.271 e. The number of halogens is 1. The number of ether oxygens (including phenoxy) is 1. The molecule has 2 amide bonds. The third-order valence-corrected chi connectivity index (χ3v) is 5.00. The lowest BCUT2D eigenvalue weighted by Crippen LogP contribution is -2.55. The summed E-state index contributed by atoms with van der Waals surface area (Å²) in [5.41, 5.74) is -0.442. The molecule has 1 fully saturated rings. The summed E-state index contributed by atoms with van der Waals surface area (Å²) in [5.74, 6) is 0.969. The number of benzene rings is 1. The van der Waals surface area contributed by atoms with Gasteiger partial charge >= 0.3 is 0 Å². The zero-order valence-electron chi connectivity index (χ0n) is 14.3. The summed E-state index contributed by atoms with van der Waals surface area (Å²) in [6, 6.07) is 5.14. The Balaban J connectivity index is 1.84. The number of rotatable bonds is 2. The van der Waals surface area contributed by atoms with Gasteiger partial charge in [-0.1, -0.05) is 18.5 Å². The first-order valence-electron chi connectivity index (χ1n) is 8.36. The van der Waals surface area contributed by atoms with Crippen LogP contribution < -0.4 is 9.64 Å². The summed E-state index contributed by atoms with van der Waals surface area (Å²) >= 11 is 6.07. The van der Waals surface area contributed by atoms with Crippen molar-refractivity contribution in [3.8, 4) is 5.75 Å². The second-order valence-electron chi connectivity index (χ2n) is 7.18. The van der Waals surface area contributed by atoms with E-state index in [1.54, 1.807) is 32.0 Å². The third-order valence-electron chi connectivity index (χ3n) is 4.77. The average Bonchev–Trinajstić information content (AvgIpc) is 2.53. The Bertz CT molecular complexity index is 666. The minimum absolute atomic E-state index is 0.0212. The highest BCUT2D eigenvalue weighted by Crippen LogP contribution is 2.39. The first-order valence-corrected chi connectivity index (χ1v) is 8.74. The summed E-state index contributed by atoms with van der Waals surface area (Å²) in [6.07, 6.45) is 2.02. The Morgan fingerprint density at radius 2 is 2.00 bits per heavy atom. The van der Waals surface area contributed by atoms with E-state index < -0.39 is 5.60 Å². The van der Waals surface area contributed by atoms with Gasteiger partial charge in [0, 0.05) is 18.1 Å². The SMILES string of the molecule is CC1CCN(C(=O)CN2C(=O)C(C)(C)Oc3ccc(Cl)cc32)CC1.